The number of rotatable bonds is 3. The van der Waals surface area contributed by atoms with Crippen molar-refractivity contribution in [2.45, 2.75) is 25.3 Å². The van der Waals surface area contributed by atoms with Gasteiger partial charge in [-0.2, -0.15) is 0 Å². The van der Waals surface area contributed by atoms with Crippen LogP contribution in [0.5, 0.6) is 0 Å². The topological polar surface area (TPSA) is 102 Å². The van der Waals surface area contributed by atoms with Crippen molar-refractivity contribution >= 4 is 34.9 Å². The van der Waals surface area contributed by atoms with Gasteiger partial charge in [-0.05, 0) is 12.8 Å². The lowest BCUT2D eigenvalue weighted by Gasteiger charge is -2.35. The first-order valence-corrected chi connectivity index (χ1v) is 6.78. The molecule has 7 nitrogen and oxygen atoms in total. The van der Waals surface area contributed by atoms with Crippen LogP contribution in [0.2, 0.25) is 0 Å². The third-order valence-corrected chi connectivity index (χ3v) is 4.33. The highest BCUT2D eigenvalue weighted by molar-refractivity contribution is 7.80. The van der Waals surface area contributed by atoms with Gasteiger partial charge in [-0.1, -0.05) is 12.2 Å². The van der Waals surface area contributed by atoms with Gasteiger partial charge < -0.3 is 15.8 Å². The van der Waals surface area contributed by atoms with Crippen LogP contribution in [0.25, 0.3) is 0 Å². The summed E-state index contributed by atoms with van der Waals surface area (Å²) in [5.41, 5.74) is 4.73. The van der Waals surface area contributed by atoms with Crippen molar-refractivity contribution in [1.82, 2.24) is 10.2 Å². The number of nitrogens with one attached hydrogen (secondary N) is 1. The number of hydrogen-bond acceptors (Lipinski definition) is 5. The van der Waals surface area contributed by atoms with Gasteiger partial charge in [0.05, 0.1) is 11.4 Å². The Morgan fingerprint density at radius 2 is 2.05 bits per heavy atom. The molecule has 3 N–H and O–H groups in total. The van der Waals surface area contributed by atoms with Crippen molar-refractivity contribution in [1.29, 1.82) is 0 Å². The summed E-state index contributed by atoms with van der Waals surface area (Å²) < 4.78 is 5.23. The number of amides is 3. The second kappa shape index (κ2) is 5.45. The van der Waals surface area contributed by atoms with Gasteiger partial charge in [0, 0.05) is 20.3 Å². The molecule has 1 unspecified atom stereocenters. The van der Waals surface area contributed by atoms with Gasteiger partial charge in [-0.15, -0.1) is 0 Å². The Balaban J connectivity index is 2.12. The van der Waals surface area contributed by atoms with Crippen molar-refractivity contribution in [3.05, 3.63) is 0 Å². The lowest BCUT2D eigenvalue weighted by molar-refractivity contribution is -0.139. The van der Waals surface area contributed by atoms with Crippen LogP contribution in [0.1, 0.15) is 19.3 Å². The minimum absolute atomic E-state index is 0.0228. The van der Waals surface area contributed by atoms with Crippen LogP contribution in [-0.2, 0) is 19.1 Å². The fraction of sp³-hybridized carbons (Fsp3) is 0.667. The standard InChI is InChI=1S/C12H17N3O4S/c1-15-8(16)6-7(9(15)17)14-11(18)12(10(13)20)2-4-19-5-3-12/h7H,2-6H2,1H3,(H2,13,20)(H,14,18). The Hall–Kier alpha value is -1.54. The zero-order valence-electron chi connectivity index (χ0n) is 11.2. The second-order valence-electron chi connectivity index (χ2n) is 5.08. The number of hydrogen-bond donors (Lipinski definition) is 2. The lowest BCUT2D eigenvalue weighted by atomic mass is 9.79. The summed E-state index contributed by atoms with van der Waals surface area (Å²) in [6.07, 6.45) is 0.753. The third kappa shape index (κ3) is 2.40. The maximum atomic E-state index is 12.5. The molecular weight excluding hydrogens is 282 g/mol. The molecule has 2 rings (SSSR count). The van der Waals surface area contributed by atoms with Crippen LogP contribution in [0.4, 0.5) is 0 Å². The fourth-order valence-corrected chi connectivity index (χ4v) is 2.77. The number of nitrogens with two attached hydrogens (primary N) is 1. The molecule has 0 radical (unpaired) electrons. The molecular formula is C12H17N3O4S. The van der Waals surface area contributed by atoms with Gasteiger partial charge in [-0.25, -0.2) is 0 Å². The second-order valence-corrected chi connectivity index (χ2v) is 5.52. The summed E-state index contributed by atoms with van der Waals surface area (Å²) >= 11 is 5.02. The zero-order valence-corrected chi connectivity index (χ0v) is 12.0. The van der Waals surface area contributed by atoms with E-state index in [0.717, 1.165) is 4.90 Å². The van der Waals surface area contributed by atoms with E-state index in [2.05, 4.69) is 5.32 Å². The first-order chi connectivity index (χ1) is 9.38. The molecule has 8 heteroatoms. The van der Waals surface area contributed by atoms with E-state index in [-0.39, 0.29) is 17.3 Å². The first kappa shape index (κ1) is 14.9. The molecule has 3 amide bonds. The molecule has 2 heterocycles. The van der Waals surface area contributed by atoms with Gasteiger partial charge in [0.25, 0.3) is 5.91 Å². The summed E-state index contributed by atoms with van der Waals surface area (Å²) in [5, 5.41) is 2.61. The Morgan fingerprint density at radius 3 is 2.50 bits per heavy atom. The van der Waals surface area contributed by atoms with Gasteiger partial charge in [0.1, 0.15) is 11.5 Å². The number of likely N-dealkylation sites (N-methyl/N-ethyl adjacent to an activating group) is 1. The Kier molecular flexibility index (Phi) is 4.05. The summed E-state index contributed by atoms with van der Waals surface area (Å²) in [4.78, 5) is 36.8. The average Bonchev–Trinajstić information content (AvgIpc) is 2.67. The van der Waals surface area contributed by atoms with E-state index in [9.17, 15) is 14.4 Å². The lowest BCUT2D eigenvalue weighted by Crippen LogP contribution is -2.55. The molecule has 2 fully saturated rings. The van der Waals surface area contributed by atoms with Crippen molar-refractivity contribution in [2.24, 2.45) is 11.1 Å². The fourth-order valence-electron chi connectivity index (χ4n) is 2.47. The smallest absolute Gasteiger partial charge is 0.252 e. The largest absolute Gasteiger partial charge is 0.392 e. The van der Waals surface area contributed by atoms with Crippen LogP contribution in [0.3, 0.4) is 0 Å². The van der Waals surface area contributed by atoms with Crippen molar-refractivity contribution < 1.29 is 19.1 Å². The van der Waals surface area contributed by atoms with Crippen LogP contribution >= 0.6 is 12.2 Å². The molecule has 110 valence electrons. The molecule has 2 aliphatic heterocycles. The predicted octanol–water partition coefficient (Wildman–Crippen LogP) is -1.06. The monoisotopic (exact) mass is 299 g/mol. The van der Waals surface area contributed by atoms with E-state index in [1.165, 1.54) is 7.05 Å². The van der Waals surface area contributed by atoms with Crippen LogP contribution in [0.15, 0.2) is 0 Å². The van der Waals surface area contributed by atoms with E-state index in [4.69, 9.17) is 22.7 Å². The van der Waals surface area contributed by atoms with Gasteiger partial charge >= 0.3 is 0 Å². The Morgan fingerprint density at radius 1 is 1.45 bits per heavy atom. The number of thiocarbonyl (C=S) groups is 1. The van der Waals surface area contributed by atoms with Crippen molar-refractivity contribution in [2.75, 3.05) is 20.3 Å². The molecule has 1 atom stereocenters. The normalized spacial score (nSPS) is 25.6. The highest BCUT2D eigenvalue weighted by Gasteiger charge is 2.46. The first-order valence-electron chi connectivity index (χ1n) is 6.37. The van der Waals surface area contributed by atoms with E-state index in [1.54, 1.807) is 0 Å². The highest BCUT2D eigenvalue weighted by atomic mass is 32.1. The molecule has 2 saturated heterocycles. The highest BCUT2D eigenvalue weighted by Crippen LogP contribution is 2.31. The molecule has 0 spiro atoms. The number of carbonyl (C=O) groups excluding carboxylic acids is 3. The summed E-state index contributed by atoms with van der Waals surface area (Å²) in [6, 6.07) is -0.825. The van der Waals surface area contributed by atoms with E-state index < -0.39 is 23.3 Å². The predicted molar refractivity (Wildman–Crippen MR) is 73.6 cm³/mol. The molecule has 0 aromatic heterocycles. The summed E-state index contributed by atoms with van der Waals surface area (Å²) in [5.74, 6) is -1.11. The molecule has 0 aromatic carbocycles. The molecule has 0 aromatic rings. The number of imide groups is 1. The number of likely N-dealkylation sites (tertiary alicyclic amines) is 1. The van der Waals surface area contributed by atoms with E-state index in [1.807, 2.05) is 0 Å². The van der Waals surface area contributed by atoms with E-state index in [0.29, 0.717) is 26.1 Å². The zero-order chi connectivity index (χ0) is 14.9. The SMILES string of the molecule is CN1C(=O)CC(NC(=O)C2(C(N)=S)CCOCC2)C1=O. The third-order valence-electron chi connectivity index (χ3n) is 3.94. The summed E-state index contributed by atoms with van der Waals surface area (Å²) in [6.45, 7) is 0.782. The molecule has 2 aliphatic rings. The minimum Gasteiger partial charge on any atom is -0.392 e. The van der Waals surface area contributed by atoms with Crippen LogP contribution < -0.4 is 11.1 Å². The maximum absolute atomic E-state index is 12.5. The van der Waals surface area contributed by atoms with Crippen molar-refractivity contribution in [3.8, 4) is 0 Å². The quantitative estimate of drug-likeness (QED) is 0.509. The van der Waals surface area contributed by atoms with Gasteiger partial charge in [-0.3, -0.25) is 19.3 Å². The Labute approximate surface area is 121 Å². The molecule has 0 aliphatic carbocycles. The van der Waals surface area contributed by atoms with Crippen LogP contribution in [-0.4, -0.2) is 53.9 Å². The average molecular weight is 299 g/mol. The number of ether oxygens (including phenoxy) is 1. The molecule has 0 saturated carbocycles. The number of nitrogens with zero attached hydrogens (tertiary/aromatic N) is 1. The summed E-state index contributed by atoms with van der Waals surface area (Å²) in [7, 11) is 1.40. The van der Waals surface area contributed by atoms with Gasteiger partial charge in [0.15, 0.2) is 0 Å². The minimum atomic E-state index is -0.988. The van der Waals surface area contributed by atoms with Gasteiger partial charge in [0.2, 0.25) is 11.8 Å². The molecule has 20 heavy (non-hydrogen) atoms. The maximum Gasteiger partial charge on any atom is 0.252 e. The Bertz CT molecular complexity index is 473. The van der Waals surface area contributed by atoms with E-state index >= 15 is 0 Å². The van der Waals surface area contributed by atoms with Crippen LogP contribution in [0, 0.1) is 5.41 Å². The van der Waals surface area contributed by atoms with Crippen molar-refractivity contribution in [3.63, 3.8) is 0 Å². The molecule has 0 bridgehead atoms. The number of carbonyl (C=O) groups is 3.